The minimum atomic E-state index is 0.0611. The van der Waals surface area contributed by atoms with Crippen LogP contribution in [0.2, 0.25) is 0 Å². The van der Waals surface area contributed by atoms with E-state index in [0.717, 1.165) is 51.3 Å². The number of rotatable bonds is 10. The van der Waals surface area contributed by atoms with Gasteiger partial charge in [0.05, 0.1) is 7.11 Å². The zero-order chi connectivity index (χ0) is 21.3. The van der Waals surface area contributed by atoms with Gasteiger partial charge >= 0.3 is 0 Å². The van der Waals surface area contributed by atoms with Crippen molar-refractivity contribution in [3.63, 3.8) is 0 Å². The smallest absolute Gasteiger partial charge is 0.244 e. The number of likely N-dealkylation sites (N-methyl/N-ethyl adjacent to an activating group) is 1. The van der Waals surface area contributed by atoms with Gasteiger partial charge in [-0.1, -0.05) is 18.2 Å². The van der Waals surface area contributed by atoms with Gasteiger partial charge in [0.15, 0.2) is 0 Å². The van der Waals surface area contributed by atoms with Crippen LogP contribution in [-0.4, -0.2) is 94.7 Å². The number of carbonyl (C=O) groups excluding carboxylic acids is 1. The molecule has 30 heavy (non-hydrogen) atoms. The van der Waals surface area contributed by atoms with Gasteiger partial charge in [-0.2, -0.15) is 0 Å². The van der Waals surface area contributed by atoms with Gasteiger partial charge in [0.25, 0.3) is 0 Å². The van der Waals surface area contributed by atoms with Gasteiger partial charge in [-0.05, 0) is 55.9 Å². The third-order valence-corrected chi connectivity index (χ3v) is 5.53. The summed E-state index contributed by atoms with van der Waals surface area (Å²) in [6.07, 6.45) is 3.76. The van der Waals surface area contributed by atoms with Crippen LogP contribution in [0.15, 0.2) is 30.6 Å². The molecular formula is C21H33N7O2. The zero-order valence-electron chi connectivity index (χ0n) is 18.3. The number of carbonyl (C=O) groups is 1. The first-order valence-corrected chi connectivity index (χ1v) is 10.5. The molecule has 1 saturated heterocycles. The summed E-state index contributed by atoms with van der Waals surface area (Å²) in [5.74, 6) is 1.45. The number of para-hydroxylation sites is 1. The van der Waals surface area contributed by atoms with Crippen molar-refractivity contribution in [2.45, 2.75) is 25.9 Å². The van der Waals surface area contributed by atoms with Crippen molar-refractivity contribution >= 4 is 5.91 Å². The molecule has 1 aliphatic rings. The van der Waals surface area contributed by atoms with Crippen molar-refractivity contribution in [2.75, 3.05) is 53.9 Å². The lowest BCUT2D eigenvalue weighted by Gasteiger charge is -2.36. The Balaban J connectivity index is 1.60. The Hall–Kier alpha value is -2.52. The normalized spacial score (nSPS) is 17.3. The average molecular weight is 416 g/mol. The molecule has 1 fully saturated rings. The van der Waals surface area contributed by atoms with Gasteiger partial charge in [0.2, 0.25) is 5.91 Å². The first kappa shape index (κ1) is 22.2. The second-order valence-corrected chi connectivity index (χ2v) is 8.21. The molecule has 164 valence electrons. The van der Waals surface area contributed by atoms with E-state index in [1.165, 1.54) is 16.6 Å². The Labute approximate surface area is 178 Å². The van der Waals surface area contributed by atoms with E-state index in [9.17, 15) is 4.79 Å². The molecular weight excluding hydrogens is 382 g/mol. The van der Waals surface area contributed by atoms with Gasteiger partial charge < -0.3 is 14.5 Å². The molecule has 0 aliphatic carbocycles. The Morgan fingerprint density at radius 2 is 2.10 bits per heavy atom. The molecule has 0 N–H and O–H groups in total. The summed E-state index contributed by atoms with van der Waals surface area (Å²) in [6, 6.07) is 8.19. The number of tetrazole rings is 1. The molecule has 1 aliphatic heterocycles. The molecule has 0 saturated carbocycles. The number of nitrogens with zero attached hydrogens (tertiary/aromatic N) is 7. The molecule has 9 nitrogen and oxygen atoms in total. The molecule has 1 aromatic heterocycles. The molecule has 1 aromatic carbocycles. The Kier molecular flexibility index (Phi) is 8.15. The van der Waals surface area contributed by atoms with Crippen molar-refractivity contribution < 1.29 is 9.53 Å². The molecule has 9 heteroatoms. The molecule has 1 atom stereocenters. The maximum absolute atomic E-state index is 12.9. The maximum atomic E-state index is 12.9. The van der Waals surface area contributed by atoms with Crippen LogP contribution in [0.25, 0.3) is 0 Å². The predicted octanol–water partition coefficient (Wildman–Crippen LogP) is 0.984. The minimum absolute atomic E-state index is 0.0611. The first-order chi connectivity index (χ1) is 14.5. The fourth-order valence-electron chi connectivity index (χ4n) is 3.96. The van der Waals surface area contributed by atoms with E-state index in [2.05, 4.69) is 37.5 Å². The van der Waals surface area contributed by atoms with Crippen LogP contribution >= 0.6 is 0 Å². The van der Waals surface area contributed by atoms with E-state index >= 15 is 0 Å². The lowest BCUT2D eigenvalue weighted by Crippen LogP contribution is -2.45. The van der Waals surface area contributed by atoms with Gasteiger partial charge in [0, 0.05) is 38.3 Å². The summed E-state index contributed by atoms with van der Waals surface area (Å²) in [7, 11) is 5.77. The summed E-state index contributed by atoms with van der Waals surface area (Å²) in [6.45, 7) is 5.40. The molecule has 1 unspecified atom stereocenters. The predicted molar refractivity (Wildman–Crippen MR) is 114 cm³/mol. The Morgan fingerprint density at radius 1 is 1.27 bits per heavy atom. The minimum Gasteiger partial charge on any atom is -0.496 e. The Morgan fingerprint density at radius 3 is 2.83 bits per heavy atom. The van der Waals surface area contributed by atoms with Crippen LogP contribution in [-0.2, 0) is 17.9 Å². The molecule has 3 rings (SSSR count). The highest BCUT2D eigenvalue weighted by atomic mass is 16.5. The fourth-order valence-corrected chi connectivity index (χ4v) is 3.96. The summed E-state index contributed by atoms with van der Waals surface area (Å²) in [5, 5.41) is 11.1. The van der Waals surface area contributed by atoms with Crippen molar-refractivity contribution in [2.24, 2.45) is 5.92 Å². The number of benzene rings is 1. The summed E-state index contributed by atoms with van der Waals surface area (Å²) >= 11 is 0. The SMILES string of the molecule is COc1ccccc1CN1CCCC(CN(CCN(C)C)C(=O)Cn2cnnn2)C1. The highest BCUT2D eigenvalue weighted by molar-refractivity contribution is 5.75. The summed E-state index contributed by atoms with van der Waals surface area (Å²) in [5.41, 5.74) is 1.21. The zero-order valence-corrected chi connectivity index (χ0v) is 18.3. The van der Waals surface area contributed by atoms with Gasteiger partial charge in [-0.15, -0.1) is 5.10 Å². The highest BCUT2D eigenvalue weighted by Gasteiger charge is 2.25. The summed E-state index contributed by atoms with van der Waals surface area (Å²) < 4.78 is 7.00. The Bertz CT molecular complexity index is 781. The van der Waals surface area contributed by atoms with E-state index in [1.54, 1.807) is 7.11 Å². The van der Waals surface area contributed by atoms with Crippen LogP contribution in [0, 0.1) is 5.92 Å². The van der Waals surface area contributed by atoms with Gasteiger partial charge in [-0.25, -0.2) is 4.68 Å². The van der Waals surface area contributed by atoms with Crippen LogP contribution < -0.4 is 4.74 Å². The largest absolute Gasteiger partial charge is 0.496 e. The first-order valence-electron chi connectivity index (χ1n) is 10.5. The van der Waals surface area contributed by atoms with E-state index in [-0.39, 0.29) is 12.5 Å². The number of methoxy groups -OCH3 is 1. The number of likely N-dealkylation sites (tertiary alicyclic amines) is 1. The van der Waals surface area contributed by atoms with Crippen LogP contribution in [0.5, 0.6) is 5.75 Å². The number of ether oxygens (including phenoxy) is 1. The van der Waals surface area contributed by atoms with E-state index < -0.39 is 0 Å². The van der Waals surface area contributed by atoms with Crippen molar-refractivity contribution in [1.82, 2.24) is 34.9 Å². The van der Waals surface area contributed by atoms with Crippen LogP contribution in [0.1, 0.15) is 18.4 Å². The van der Waals surface area contributed by atoms with Crippen LogP contribution in [0.4, 0.5) is 0 Å². The second kappa shape index (κ2) is 11.0. The highest BCUT2D eigenvalue weighted by Crippen LogP contribution is 2.24. The number of hydrogen-bond acceptors (Lipinski definition) is 7. The monoisotopic (exact) mass is 415 g/mol. The molecule has 0 spiro atoms. The number of amides is 1. The maximum Gasteiger partial charge on any atom is 0.244 e. The topological polar surface area (TPSA) is 79.6 Å². The quantitative estimate of drug-likeness (QED) is 0.572. The second-order valence-electron chi connectivity index (χ2n) is 8.21. The number of aromatic nitrogens is 4. The summed E-state index contributed by atoms with van der Waals surface area (Å²) in [4.78, 5) is 19.5. The average Bonchev–Trinajstić information content (AvgIpc) is 3.24. The standard InChI is InChI=1S/C21H33N7O2/c1-25(2)11-12-27(21(29)16-28-17-22-23-24-28)14-18-7-6-10-26(13-18)15-19-8-4-5-9-20(19)30-3/h4-5,8-9,17-18H,6-7,10-16H2,1-3H3. The third kappa shape index (κ3) is 6.50. The number of hydrogen-bond donors (Lipinski definition) is 0. The third-order valence-electron chi connectivity index (χ3n) is 5.53. The molecule has 0 radical (unpaired) electrons. The molecule has 1 amide bonds. The lowest BCUT2D eigenvalue weighted by molar-refractivity contribution is -0.133. The fraction of sp³-hybridized carbons (Fsp3) is 0.619. The molecule has 0 bridgehead atoms. The van der Waals surface area contributed by atoms with Crippen molar-refractivity contribution in [1.29, 1.82) is 0 Å². The lowest BCUT2D eigenvalue weighted by atomic mass is 9.96. The molecule has 2 aromatic rings. The van der Waals surface area contributed by atoms with Crippen LogP contribution in [0.3, 0.4) is 0 Å². The van der Waals surface area contributed by atoms with E-state index in [0.29, 0.717) is 12.5 Å². The number of piperidine rings is 1. The van der Waals surface area contributed by atoms with Gasteiger partial charge in [0.1, 0.15) is 18.6 Å². The van der Waals surface area contributed by atoms with Crippen molar-refractivity contribution in [3.05, 3.63) is 36.2 Å². The van der Waals surface area contributed by atoms with Gasteiger partial charge in [-0.3, -0.25) is 9.69 Å². The van der Waals surface area contributed by atoms with E-state index in [4.69, 9.17) is 4.74 Å². The molecule has 2 heterocycles. The van der Waals surface area contributed by atoms with E-state index in [1.807, 2.05) is 31.1 Å². The van der Waals surface area contributed by atoms with Crippen molar-refractivity contribution in [3.8, 4) is 5.75 Å².